The monoisotopic (exact) mass is 512 g/mol. The third kappa shape index (κ3) is 2.12. The first kappa shape index (κ1) is 18.8. The van der Waals surface area contributed by atoms with Crippen molar-refractivity contribution in [3.8, 4) is 16.3 Å². The molecule has 5 heteroatoms. The topological polar surface area (TPSA) is 17.8 Å². The Morgan fingerprint density at radius 3 is 2.81 bits per heavy atom. The van der Waals surface area contributed by atoms with Gasteiger partial charge in [-0.2, -0.15) is 0 Å². The molecule has 5 heterocycles. The van der Waals surface area contributed by atoms with E-state index in [1.807, 2.05) is 23.1 Å². The summed E-state index contributed by atoms with van der Waals surface area (Å²) < 4.78 is 5.15. The van der Waals surface area contributed by atoms with Crippen molar-refractivity contribution in [1.82, 2.24) is 9.55 Å². The van der Waals surface area contributed by atoms with Gasteiger partial charge in [-0.15, -0.1) is 34.4 Å². The van der Waals surface area contributed by atoms with Gasteiger partial charge in [0.05, 0.1) is 38.6 Å². The summed E-state index contributed by atoms with van der Waals surface area (Å²) in [6.07, 6.45) is 10.2. The Labute approximate surface area is 218 Å². The van der Waals surface area contributed by atoms with E-state index < -0.39 is 0 Å². The first-order chi connectivity index (χ1) is 17.8. The van der Waals surface area contributed by atoms with Gasteiger partial charge in [0.25, 0.3) is 0 Å². The molecule has 0 radical (unpaired) electrons. The Bertz CT molecular complexity index is 2180. The first-order valence-corrected chi connectivity index (χ1v) is 14.8. The van der Waals surface area contributed by atoms with Crippen LogP contribution >= 0.6 is 34.4 Å². The van der Waals surface area contributed by atoms with Gasteiger partial charge in [0, 0.05) is 30.5 Å². The van der Waals surface area contributed by atoms with E-state index in [2.05, 4.69) is 82.9 Å². The number of benzene rings is 3. The van der Waals surface area contributed by atoms with Gasteiger partial charge in [-0.1, -0.05) is 30.4 Å². The van der Waals surface area contributed by atoms with E-state index in [0.29, 0.717) is 5.25 Å². The minimum Gasteiger partial charge on any atom is -0.308 e. The number of thiophene rings is 2. The molecule has 36 heavy (non-hydrogen) atoms. The minimum atomic E-state index is 0.428. The lowest BCUT2D eigenvalue weighted by Crippen LogP contribution is -2.17. The molecular weight excluding hydrogens is 497 g/mol. The zero-order chi connectivity index (χ0) is 23.1. The summed E-state index contributed by atoms with van der Waals surface area (Å²) in [5.74, 6) is 0. The molecule has 0 N–H and O–H groups in total. The lowest BCUT2D eigenvalue weighted by molar-refractivity contribution is 1.06. The normalized spacial score (nSPS) is 17.1. The van der Waals surface area contributed by atoms with E-state index in [9.17, 15) is 0 Å². The van der Waals surface area contributed by atoms with Gasteiger partial charge in [-0.05, 0) is 75.7 Å². The molecule has 1 unspecified atom stereocenters. The molecule has 3 aromatic carbocycles. The number of hydrogen-bond donors (Lipinski definition) is 0. The van der Waals surface area contributed by atoms with Crippen molar-refractivity contribution in [3.05, 3.63) is 88.2 Å². The summed E-state index contributed by atoms with van der Waals surface area (Å²) in [4.78, 5) is 7.64. The highest BCUT2D eigenvalue weighted by molar-refractivity contribution is 8.00. The van der Waals surface area contributed by atoms with Gasteiger partial charge >= 0.3 is 0 Å². The molecule has 2 aliphatic carbocycles. The smallest absolute Gasteiger partial charge is 0.0804 e. The van der Waals surface area contributed by atoms with Gasteiger partial charge in [-0.25, -0.2) is 0 Å². The van der Waals surface area contributed by atoms with Crippen LogP contribution in [0.15, 0.2) is 71.1 Å². The average Bonchev–Trinajstić information content (AvgIpc) is 3.67. The van der Waals surface area contributed by atoms with Crippen molar-refractivity contribution in [2.24, 2.45) is 0 Å². The van der Waals surface area contributed by atoms with Crippen molar-refractivity contribution >= 4 is 88.4 Å². The fourth-order valence-electron chi connectivity index (χ4n) is 6.71. The molecule has 1 aliphatic heterocycles. The molecule has 0 bridgehead atoms. The van der Waals surface area contributed by atoms with E-state index in [1.165, 1.54) is 68.1 Å². The second-order valence-corrected chi connectivity index (χ2v) is 13.1. The molecule has 10 rings (SSSR count). The molecule has 0 saturated carbocycles. The van der Waals surface area contributed by atoms with Crippen molar-refractivity contribution in [3.63, 3.8) is 0 Å². The number of fused-ring (bicyclic) bond motifs is 1. The van der Waals surface area contributed by atoms with Crippen LogP contribution in [0.3, 0.4) is 0 Å². The summed E-state index contributed by atoms with van der Waals surface area (Å²) in [6.45, 7) is 0. The first-order valence-electron chi connectivity index (χ1n) is 12.2. The molecule has 0 saturated heterocycles. The molecule has 1 atom stereocenters. The average molecular weight is 513 g/mol. The van der Waals surface area contributed by atoms with Crippen molar-refractivity contribution in [2.45, 2.75) is 16.6 Å². The van der Waals surface area contributed by atoms with Gasteiger partial charge in [-0.3, -0.25) is 4.98 Å². The number of aromatic nitrogens is 2. The number of nitrogens with zero attached hydrogens (tertiary/aromatic N) is 2. The van der Waals surface area contributed by atoms with Crippen LogP contribution in [0.1, 0.15) is 21.9 Å². The Morgan fingerprint density at radius 1 is 0.889 bits per heavy atom. The Morgan fingerprint density at radius 2 is 1.89 bits per heavy atom. The second kappa shape index (κ2) is 6.30. The quantitative estimate of drug-likeness (QED) is 0.216. The molecule has 4 aromatic heterocycles. The zero-order valence-corrected chi connectivity index (χ0v) is 21.4. The maximum atomic E-state index is 4.96. The van der Waals surface area contributed by atoms with Crippen molar-refractivity contribution in [2.75, 3.05) is 0 Å². The van der Waals surface area contributed by atoms with Gasteiger partial charge < -0.3 is 4.57 Å². The molecule has 0 amide bonds. The van der Waals surface area contributed by atoms with Gasteiger partial charge in [0.1, 0.15) is 0 Å². The molecule has 168 valence electrons. The van der Waals surface area contributed by atoms with E-state index in [1.54, 1.807) is 16.9 Å². The SMILES string of the molecule is C1=CC2Sc3ccc4c5c3c2c2c1ccc1c2c5c(n1-c1ccc(-c2cc3sccc3s2)nc1)=CC4. The number of pyridine rings is 1. The van der Waals surface area contributed by atoms with Crippen LogP contribution in [0.4, 0.5) is 0 Å². The van der Waals surface area contributed by atoms with E-state index in [4.69, 9.17) is 4.98 Å². The number of hydrogen-bond acceptors (Lipinski definition) is 4. The maximum Gasteiger partial charge on any atom is 0.0804 e. The standard InChI is InChI=1S/C31H16N2S3/c1-7-19-28-26-15(1)3-9-22-30(26)31-23(36-22)10-4-16-2-8-20(29(28)27(16)31)33(19)17-5-6-18(32-14-17)24-13-25-21(35-24)11-12-34-25/h1,3-14,22H,2H2. The molecule has 0 spiro atoms. The van der Waals surface area contributed by atoms with Crippen LogP contribution in [-0.2, 0) is 6.42 Å². The summed E-state index contributed by atoms with van der Waals surface area (Å²) in [5, 5.41) is 11.2. The minimum absolute atomic E-state index is 0.428. The number of rotatable bonds is 2. The molecule has 2 nitrogen and oxygen atoms in total. The van der Waals surface area contributed by atoms with Crippen molar-refractivity contribution < 1.29 is 0 Å². The van der Waals surface area contributed by atoms with Gasteiger partial charge in [0.15, 0.2) is 0 Å². The predicted octanol–water partition coefficient (Wildman–Crippen LogP) is 8.50. The number of thioether (sulfide) groups is 1. The van der Waals surface area contributed by atoms with Crippen LogP contribution in [0, 0.1) is 0 Å². The summed E-state index contributed by atoms with van der Waals surface area (Å²) in [7, 11) is 0. The lowest BCUT2D eigenvalue weighted by Gasteiger charge is -2.19. The second-order valence-electron chi connectivity index (χ2n) is 9.87. The summed E-state index contributed by atoms with van der Waals surface area (Å²) in [5.41, 5.74) is 7.84. The van der Waals surface area contributed by atoms with Crippen LogP contribution in [0.5, 0.6) is 0 Å². The third-order valence-corrected chi connectivity index (χ3v) is 11.5. The van der Waals surface area contributed by atoms with Crippen LogP contribution < -0.4 is 5.35 Å². The van der Waals surface area contributed by atoms with E-state index in [0.717, 1.165) is 17.8 Å². The lowest BCUT2D eigenvalue weighted by atomic mass is 9.84. The van der Waals surface area contributed by atoms with Crippen LogP contribution in [0.2, 0.25) is 0 Å². The molecule has 3 aliphatic rings. The maximum absolute atomic E-state index is 4.96. The van der Waals surface area contributed by atoms with Crippen LogP contribution in [-0.4, -0.2) is 9.55 Å². The van der Waals surface area contributed by atoms with Crippen LogP contribution in [0.25, 0.3) is 70.3 Å². The summed E-state index contributed by atoms with van der Waals surface area (Å²) in [6, 6.07) is 18.3. The van der Waals surface area contributed by atoms with E-state index >= 15 is 0 Å². The fraction of sp³-hybridized carbons (Fsp3) is 0.0645. The van der Waals surface area contributed by atoms with Crippen molar-refractivity contribution in [1.29, 1.82) is 0 Å². The highest BCUT2D eigenvalue weighted by Crippen LogP contribution is 2.57. The fourth-order valence-corrected chi connectivity index (χ4v) is 10.1. The Hall–Kier alpha value is -3.38. The predicted molar refractivity (Wildman–Crippen MR) is 156 cm³/mol. The summed E-state index contributed by atoms with van der Waals surface area (Å²) >= 11 is 5.64. The highest BCUT2D eigenvalue weighted by Gasteiger charge is 2.34. The highest BCUT2D eigenvalue weighted by atomic mass is 32.2. The molecular formula is C31H16N2S3. The third-order valence-electron chi connectivity index (χ3n) is 8.15. The Balaban J connectivity index is 1.30. The molecule has 0 fully saturated rings. The van der Waals surface area contributed by atoms with E-state index in [-0.39, 0.29) is 0 Å². The molecule has 7 aromatic rings. The Kier molecular flexibility index (Phi) is 3.29. The zero-order valence-electron chi connectivity index (χ0n) is 18.9. The largest absolute Gasteiger partial charge is 0.308 e. The van der Waals surface area contributed by atoms with Gasteiger partial charge in [0.2, 0.25) is 0 Å².